The van der Waals surface area contributed by atoms with Gasteiger partial charge in [-0.3, -0.25) is 4.99 Å². The van der Waals surface area contributed by atoms with Crippen molar-refractivity contribution in [3.8, 4) is 0 Å². The van der Waals surface area contributed by atoms with Crippen molar-refractivity contribution in [1.29, 1.82) is 0 Å². The van der Waals surface area contributed by atoms with E-state index in [0.717, 1.165) is 17.3 Å². The second-order valence-electron chi connectivity index (χ2n) is 5.55. The van der Waals surface area contributed by atoms with Gasteiger partial charge in [0.15, 0.2) is 15.0 Å². The van der Waals surface area contributed by atoms with Gasteiger partial charge in [0.05, 0.1) is 11.5 Å². The molecule has 0 aromatic rings. The summed E-state index contributed by atoms with van der Waals surface area (Å²) in [6.45, 7) is 5.09. The molecule has 2 saturated heterocycles. The lowest BCUT2D eigenvalue weighted by Crippen LogP contribution is -2.41. The van der Waals surface area contributed by atoms with Gasteiger partial charge in [-0.2, -0.15) is 0 Å². The molecule has 2 aliphatic rings. The quantitative estimate of drug-likeness (QED) is 0.856. The number of nitrogens with zero attached hydrogens (tertiary/aromatic N) is 1. The van der Waals surface area contributed by atoms with Gasteiger partial charge in [-0.05, 0) is 24.7 Å². The van der Waals surface area contributed by atoms with E-state index in [2.05, 4.69) is 24.2 Å². The highest BCUT2D eigenvalue weighted by molar-refractivity contribution is 8.13. The largest absolute Gasteiger partial charge is 0.362 e. The molecule has 1 N–H and O–H groups in total. The fraction of sp³-hybridized carbons (Fsp3) is 0.917. The summed E-state index contributed by atoms with van der Waals surface area (Å²) < 4.78 is 22.7. The first-order valence-electron chi connectivity index (χ1n) is 6.60. The van der Waals surface area contributed by atoms with Crippen molar-refractivity contribution in [3.63, 3.8) is 0 Å². The number of hydrogen-bond donors (Lipinski definition) is 1. The number of amidine groups is 1. The van der Waals surface area contributed by atoms with Crippen LogP contribution in [0, 0.1) is 11.8 Å². The highest BCUT2D eigenvalue weighted by Crippen LogP contribution is 2.21. The lowest BCUT2D eigenvalue weighted by atomic mass is 10.0. The van der Waals surface area contributed by atoms with E-state index in [1.807, 2.05) is 0 Å². The topological polar surface area (TPSA) is 58.5 Å². The molecular weight excluding hydrogens is 268 g/mol. The zero-order valence-electron chi connectivity index (χ0n) is 11.1. The molecule has 2 unspecified atom stereocenters. The highest BCUT2D eigenvalue weighted by Gasteiger charge is 2.28. The van der Waals surface area contributed by atoms with Crippen molar-refractivity contribution in [2.75, 3.05) is 23.8 Å². The van der Waals surface area contributed by atoms with Gasteiger partial charge in [0.1, 0.15) is 0 Å². The molecule has 2 heterocycles. The van der Waals surface area contributed by atoms with E-state index in [-0.39, 0.29) is 5.92 Å². The molecule has 2 atom stereocenters. The zero-order valence-corrected chi connectivity index (χ0v) is 12.7. The fourth-order valence-corrected chi connectivity index (χ4v) is 5.19. The molecule has 2 fully saturated rings. The Morgan fingerprint density at radius 3 is 2.83 bits per heavy atom. The minimum absolute atomic E-state index is 0.226. The summed E-state index contributed by atoms with van der Waals surface area (Å²) in [5.41, 5.74) is 0. The van der Waals surface area contributed by atoms with Gasteiger partial charge in [-0.1, -0.05) is 25.6 Å². The lowest BCUT2D eigenvalue weighted by molar-refractivity contribution is 0.442. The van der Waals surface area contributed by atoms with Crippen molar-refractivity contribution < 1.29 is 8.42 Å². The average molecular weight is 290 g/mol. The number of nitrogens with one attached hydrogen (secondary N) is 1. The number of hydrogen-bond acceptors (Lipinski definition) is 4. The molecule has 0 aromatic carbocycles. The van der Waals surface area contributed by atoms with Crippen LogP contribution in [0.1, 0.15) is 26.7 Å². The van der Waals surface area contributed by atoms with Crippen LogP contribution in [-0.4, -0.2) is 43.4 Å². The summed E-state index contributed by atoms with van der Waals surface area (Å²) in [5.74, 6) is 2.62. The molecule has 0 bridgehead atoms. The van der Waals surface area contributed by atoms with Gasteiger partial charge in [-0.25, -0.2) is 8.42 Å². The van der Waals surface area contributed by atoms with Gasteiger partial charge in [0, 0.05) is 18.3 Å². The molecule has 2 aliphatic heterocycles. The molecule has 0 spiro atoms. The zero-order chi connectivity index (χ0) is 13.2. The minimum atomic E-state index is -2.77. The molecule has 6 heteroatoms. The van der Waals surface area contributed by atoms with Gasteiger partial charge in [-0.15, -0.1) is 0 Å². The smallest absolute Gasteiger partial charge is 0.156 e. The van der Waals surface area contributed by atoms with E-state index in [1.54, 1.807) is 11.8 Å². The van der Waals surface area contributed by atoms with Crippen LogP contribution in [0.25, 0.3) is 0 Å². The van der Waals surface area contributed by atoms with Crippen molar-refractivity contribution in [3.05, 3.63) is 0 Å². The molecule has 0 amide bonds. The van der Waals surface area contributed by atoms with Crippen molar-refractivity contribution in [1.82, 2.24) is 5.32 Å². The Hall–Kier alpha value is -0.230. The summed E-state index contributed by atoms with van der Waals surface area (Å²) in [6, 6.07) is 0.511. The fourth-order valence-electron chi connectivity index (χ4n) is 2.37. The molecule has 104 valence electrons. The van der Waals surface area contributed by atoms with Gasteiger partial charge >= 0.3 is 0 Å². The molecule has 2 rings (SSSR count). The Morgan fingerprint density at radius 2 is 2.22 bits per heavy atom. The van der Waals surface area contributed by atoms with E-state index in [9.17, 15) is 8.42 Å². The Labute approximate surface area is 114 Å². The van der Waals surface area contributed by atoms with Gasteiger partial charge in [0.25, 0.3) is 0 Å². The highest BCUT2D eigenvalue weighted by atomic mass is 32.2. The normalized spacial score (nSPS) is 33.8. The van der Waals surface area contributed by atoms with E-state index >= 15 is 0 Å². The maximum atomic E-state index is 11.4. The maximum absolute atomic E-state index is 11.4. The lowest BCUT2D eigenvalue weighted by Gasteiger charge is -2.28. The molecule has 18 heavy (non-hydrogen) atoms. The molecule has 0 aromatic heterocycles. The number of aliphatic imine (C=N–C) groups is 1. The van der Waals surface area contributed by atoms with Gasteiger partial charge in [0.2, 0.25) is 0 Å². The van der Waals surface area contributed by atoms with E-state index in [4.69, 9.17) is 0 Å². The van der Waals surface area contributed by atoms with Crippen LogP contribution in [-0.2, 0) is 9.84 Å². The Balaban J connectivity index is 1.86. The van der Waals surface area contributed by atoms with Crippen LogP contribution in [0.4, 0.5) is 0 Å². The Kier molecular flexibility index (Phi) is 4.59. The van der Waals surface area contributed by atoms with Crippen LogP contribution in [0.2, 0.25) is 0 Å². The monoisotopic (exact) mass is 290 g/mol. The van der Waals surface area contributed by atoms with E-state index < -0.39 is 9.84 Å². The molecule has 4 nitrogen and oxygen atoms in total. The van der Waals surface area contributed by atoms with Crippen LogP contribution >= 0.6 is 11.8 Å². The van der Waals surface area contributed by atoms with Crippen LogP contribution in [0.5, 0.6) is 0 Å². The molecule has 0 radical (unpaired) electrons. The van der Waals surface area contributed by atoms with Crippen molar-refractivity contribution in [2.24, 2.45) is 16.8 Å². The van der Waals surface area contributed by atoms with E-state index in [1.165, 1.54) is 6.42 Å². The number of thioether (sulfide) groups is 1. The summed E-state index contributed by atoms with van der Waals surface area (Å²) >= 11 is 1.76. The van der Waals surface area contributed by atoms with Crippen LogP contribution in [0.3, 0.4) is 0 Å². The predicted octanol–water partition coefficient (Wildman–Crippen LogP) is 1.53. The third-order valence-electron chi connectivity index (χ3n) is 3.60. The van der Waals surface area contributed by atoms with Crippen LogP contribution < -0.4 is 5.32 Å². The Bertz CT molecular complexity index is 418. The summed E-state index contributed by atoms with van der Waals surface area (Å²) in [7, 11) is -2.77. The predicted molar refractivity (Wildman–Crippen MR) is 77.9 cm³/mol. The second-order valence-corrected chi connectivity index (χ2v) is 8.86. The third kappa shape index (κ3) is 3.88. The summed E-state index contributed by atoms with van der Waals surface area (Å²) in [4.78, 5) is 4.57. The first-order valence-corrected chi connectivity index (χ1v) is 9.41. The maximum Gasteiger partial charge on any atom is 0.156 e. The molecule has 0 saturated carbocycles. The van der Waals surface area contributed by atoms with Crippen molar-refractivity contribution in [2.45, 2.75) is 32.7 Å². The average Bonchev–Trinajstić information content (AvgIpc) is 2.67. The van der Waals surface area contributed by atoms with Crippen LogP contribution in [0.15, 0.2) is 4.99 Å². The van der Waals surface area contributed by atoms with Crippen molar-refractivity contribution >= 4 is 26.8 Å². The Morgan fingerprint density at radius 1 is 1.44 bits per heavy atom. The third-order valence-corrected chi connectivity index (χ3v) is 6.40. The first kappa shape index (κ1) is 14.2. The number of rotatable bonds is 3. The molecular formula is C12H22N2O2S2. The van der Waals surface area contributed by atoms with Gasteiger partial charge < -0.3 is 5.32 Å². The second kappa shape index (κ2) is 5.82. The summed E-state index contributed by atoms with van der Waals surface area (Å²) in [6.07, 6.45) is 1.95. The number of sulfone groups is 1. The SMILES string of the molecule is CC(C)C1CCSC(=NCC2CCS(=O)(=O)C2)N1. The first-order chi connectivity index (χ1) is 8.46. The minimum Gasteiger partial charge on any atom is -0.362 e. The van der Waals surface area contributed by atoms with E-state index in [0.29, 0.717) is 30.0 Å². The summed E-state index contributed by atoms with van der Waals surface area (Å²) in [5, 5.41) is 4.47. The molecule has 0 aliphatic carbocycles. The standard InChI is InChI=1S/C12H22N2O2S2/c1-9(2)11-3-5-17-12(14-11)13-7-10-4-6-18(15,16)8-10/h9-11H,3-8H2,1-2H3,(H,13,14).